The SMILES string of the molecule is CC1CC(C)CN(c2ccc(Br)cc2C(C)N)C1. The van der Waals surface area contributed by atoms with Crippen LogP contribution >= 0.6 is 15.9 Å². The van der Waals surface area contributed by atoms with Crippen LogP contribution in [0.1, 0.15) is 38.8 Å². The molecule has 2 nitrogen and oxygen atoms in total. The molecule has 3 unspecified atom stereocenters. The molecule has 3 heteroatoms. The van der Waals surface area contributed by atoms with Crippen LogP contribution in [-0.2, 0) is 0 Å². The Hall–Kier alpha value is -0.540. The molecule has 100 valence electrons. The topological polar surface area (TPSA) is 29.3 Å². The maximum absolute atomic E-state index is 6.11. The fraction of sp³-hybridized carbons (Fsp3) is 0.600. The second kappa shape index (κ2) is 5.62. The highest BCUT2D eigenvalue weighted by Crippen LogP contribution is 2.32. The highest BCUT2D eigenvalue weighted by molar-refractivity contribution is 9.10. The molecule has 0 aliphatic carbocycles. The Balaban J connectivity index is 2.32. The summed E-state index contributed by atoms with van der Waals surface area (Å²) >= 11 is 3.54. The molecule has 0 aromatic heterocycles. The quantitative estimate of drug-likeness (QED) is 0.896. The molecule has 0 amide bonds. The predicted molar refractivity (Wildman–Crippen MR) is 81.9 cm³/mol. The number of anilines is 1. The average molecular weight is 311 g/mol. The summed E-state index contributed by atoms with van der Waals surface area (Å²) in [5, 5.41) is 0. The van der Waals surface area contributed by atoms with Gasteiger partial charge in [0.25, 0.3) is 0 Å². The minimum absolute atomic E-state index is 0.0741. The third-order valence-electron chi connectivity index (χ3n) is 3.69. The average Bonchev–Trinajstić information content (AvgIpc) is 2.27. The van der Waals surface area contributed by atoms with E-state index in [0.717, 1.165) is 29.4 Å². The van der Waals surface area contributed by atoms with Crippen molar-refractivity contribution in [3.63, 3.8) is 0 Å². The summed E-state index contributed by atoms with van der Waals surface area (Å²) in [6.45, 7) is 9.03. The Labute approximate surface area is 119 Å². The van der Waals surface area contributed by atoms with Crippen LogP contribution in [0.15, 0.2) is 22.7 Å². The van der Waals surface area contributed by atoms with Gasteiger partial charge in [-0.1, -0.05) is 29.8 Å². The Morgan fingerprint density at radius 1 is 1.28 bits per heavy atom. The van der Waals surface area contributed by atoms with Gasteiger partial charge in [-0.3, -0.25) is 0 Å². The van der Waals surface area contributed by atoms with Crippen molar-refractivity contribution in [2.75, 3.05) is 18.0 Å². The van der Waals surface area contributed by atoms with Crippen molar-refractivity contribution >= 4 is 21.6 Å². The molecule has 0 saturated carbocycles. The zero-order valence-electron chi connectivity index (χ0n) is 11.5. The lowest BCUT2D eigenvalue weighted by Crippen LogP contribution is -2.39. The molecule has 2 rings (SSSR count). The van der Waals surface area contributed by atoms with E-state index in [4.69, 9.17) is 5.73 Å². The smallest absolute Gasteiger partial charge is 0.0415 e. The molecular formula is C15H23BrN2. The fourth-order valence-electron chi connectivity index (χ4n) is 3.04. The van der Waals surface area contributed by atoms with Gasteiger partial charge in [-0.25, -0.2) is 0 Å². The first-order chi connectivity index (χ1) is 8.47. The number of halogens is 1. The third kappa shape index (κ3) is 3.07. The molecular weight excluding hydrogens is 288 g/mol. The van der Waals surface area contributed by atoms with Crippen LogP contribution in [0.25, 0.3) is 0 Å². The predicted octanol–water partition coefficient (Wildman–Crippen LogP) is 3.95. The van der Waals surface area contributed by atoms with Crippen LogP contribution in [-0.4, -0.2) is 13.1 Å². The van der Waals surface area contributed by atoms with Crippen LogP contribution in [0.5, 0.6) is 0 Å². The molecule has 0 spiro atoms. The summed E-state index contributed by atoms with van der Waals surface area (Å²) in [6, 6.07) is 6.55. The summed E-state index contributed by atoms with van der Waals surface area (Å²) in [4.78, 5) is 2.50. The van der Waals surface area contributed by atoms with E-state index in [2.05, 4.69) is 59.8 Å². The van der Waals surface area contributed by atoms with Crippen LogP contribution < -0.4 is 10.6 Å². The first kappa shape index (κ1) is 13.9. The maximum atomic E-state index is 6.11. The van der Waals surface area contributed by atoms with Gasteiger partial charge in [0.05, 0.1) is 0 Å². The normalized spacial score (nSPS) is 26.2. The van der Waals surface area contributed by atoms with E-state index in [1.54, 1.807) is 0 Å². The Morgan fingerprint density at radius 3 is 2.44 bits per heavy atom. The Bertz CT molecular complexity index is 407. The van der Waals surface area contributed by atoms with Gasteiger partial charge < -0.3 is 10.6 Å². The Kier molecular flexibility index (Phi) is 4.33. The summed E-state index contributed by atoms with van der Waals surface area (Å²) in [5.41, 5.74) is 8.66. The molecule has 1 fully saturated rings. The minimum atomic E-state index is 0.0741. The number of benzene rings is 1. The second-order valence-corrected chi connectivity index (χ2v) is 6.76. The van der Waals surface area contributed by atoms with E-state index >= 15 is 0 Å². The third-order valence-corrected chi connectivity index (χ3v) is 4.18. The number of nitrogens with two attached hydrogens (primary N) is 1. The first-order valence-electron chi connectivity index (χ1n) is 6.77. The summed E-state index contributed by atoms with van der Waals surface area (Å²) < 4.78 is 1.11. The van der Waals surface area contributed by atoms with Gasteiger partial charge in [0.1, 0.15) is 0 Å². The summed E-state index contributed by atoms with van der Waals surface area (Å²) in [7, 11) is 0. The Morgan fingerprint density at radius 2 is 1.89 bits per heavy atom. The zero-order valence-corrected chi connectivity index (χ0v) is 13.1. The highest BCUT2D eigenvalue weighted by Gasteiger charge is 2.24. The van der Waals surface area contributed by atoms with Crippen molar-refractivity contribution in [3.05, 3.63) is 28.2 Å². The van der Waals surface area contributed by atoms with Crippen molar-refractivity contribution in [2.45, 2.75) is 33.2 Å². The molecule has 18 heavy (non-hydrogen) atoms. The second-order valence-electron chi connectivity index (χ2n) is 5.84. The summed E-state index contributed by atoms with van der Waals surface area (Å²) in [5.74, 6) is 1.52. The maximum Gasteiger partial charge on any atom is 0.0415 e. The molecule has 0 bridgehead atoms. The minimum Gasteiger partial charge on any atom is -0.371 e. The fourth-order valence-corrected chi connectivity index (χ4v) is 3.42. The largest absolute Gasteiger partial charge is 0.371 e. The van der Waals surface area contributed by atoms with E-state index in [9.17, 15) is 0 Å². The van der Waals surface area contributed by atoms with Gasteiger partial charge in [0.2, 0.25) is 0 Å². The number of nitrogens with zero attached hydrogens (tertiary/aromatic N) is 1. The first-order valence-corrected chi connectivity index (χ1v) is 7.56. The van der Waals surface area contributed by atoms with Crippen LogP contribution in [0.3, 0.4) is 0 Å². The van der Waals surface area contributed by atoms with Gasteiger partial charge >= 0.3 is 0 Å². The van der Waals surface area contributed by atoms with Gasteiger partial charge in [-0.15, -0.1) is 0 Å². The van der Waals surface area contributed by atoms with Gasteiger partial charge in [-0.05, 0) is 48.9 Å². The van der Waals surface area contributed by atoms with Gasteiger partial charge in [-0.2, -0.15) is 0 Å². The molecule has 1 heterocycles. The molecule has 1 aromatic carbocycles. The number of hydrogen-bond donors (Lipinski definition) is 1. The number of hydrogen-bond acceptors (Lipinski definition) is 2. The van der Waals surface area contributed by atoms with Crippen LogP contribution in [0, 0.1) is 11.8 Å². The number of rotatable bonds is 2. The van der Waals surface area contributed by atoms with Crippen molar-refractivity contribution in [1.29, 1.82) is 0 Å². The molecule has 1 aromatic rings. The van der Waals surface area contributed by atoms with Gasteiger partial charge in [0, 0.05) is 29.3 Å². The highest BCUT2D eigenvalue weighted by atomic mass is 79.9. The lowest BCUT2D eigenvalue weighted by molar-refractivity contribution is 0.356. The van der Waals surface area contributed by atoms with E-state index < -0.39 is 0 Å². The number of piperidine rings is 1. The van der Waals surface area contributed by atoms with Crippen molar-refractivity contribution in [1.82, 2.24) is 0 Å². The van der Waals surface area contributed by atoms with E-state index in [1.165, 1.54) is 17.7 Å². The van der Waals surface area contributed by atoms with E-state index in [0.29, 0.717) is 0 Å². The lowest BCUT2D eigenvalue weighted by atomic mass is 9.91. The van der Waals surface area contributed by atoms with Crippen molar-refractivity contribution < 1.29 is 0 Å². The van der Waals surface area contributed by atoms with E-state index in [1.807, 2.05) is 0 Å². The molecule has 3 atom stereocenters. The standard InChI is InChI=1S/C15H23BrN2/c1-10-6-11(2)9-18(8-10)15-5-4-13(16)7-14(15)12(3)17/h4-5,7,10-12H,6,8-9,17H2,1-3H3. The van der Waals surface area contributed by atoms with E-state index in [-0.39, 0.29) is 6.04 Å². The van der Waals surface area contributed by atoms with Crippen molar-refractivity contribution in [3.8, 4) is 0 Å². The van der Waals surface area contributed by atoms with Crippen molar-refractivity contribution in [2.24, 2.45) is 17.6 Å². The lowest BCUT2D eigenvalue weighted by Gasteiger charge is -2.38. The monoisotopic (exact) mass is 310 g/mol. The molecule has 2 N–H and O–H groups in total. The van der Waals surface area contributed by atoms with Crippen LogP contribution in [0.4, 0.5) is 5.69 Å². The zero-order chi connectivity index (χ0) is 13.3. The van der Waals surface area contributed by atoms with Gasteiger partial charge in [0.15, 0.2) is 0 Å². The molecule has 1 aliphatic heterocycles. The molecule has 1 aliphatic rings. The molecule has 0 radical (unpaired) electrons. The van der Waals surface area contributed by atoms with Crippen LogP contribution in [0.2, 0.25) is 0 Å². The summed E-state index contributed by atoms with van der Waals surface area (Å²) in [6.07, 6.45) is 1.33. The molecule has 1 saturated heterocycles.